The molecule has 1 aliphatic heterocycles. The molecule has 1 saturated heterocycles. The number of anilines is 2. The Balaban J connectivity index is 1.48. The van der Waals surface area contributed by atoms with Gasteiger partial charge >= 0.3 is 0 Å². The molecule has 35 heavy (non-hydrogen) atoms. The summed E-state index contributed by atoms with van der Waals surface area (Å²) in [5.74, 6) is 0.464. The molecule has 10 nitrogen and oxygen atoms in total. The minimum absolute atomic E-state index is 0.170. The van der Waals surface area contributed by atoms with Crippen LogP contribution in [-0.2, 0) is 10.2 Å². The molecule has 0 saturated carbocycles. The van der Waals surface area contributed by atoms with Crippen LogP contribution in [0.4, 0.5) is 11.8 Å². The van der Waals surface area contributed by atoms with Gasteiger partial charge in [0, 0.05) is 12.0 Å². The summed E-state index contributed by atoms with van der Waals surface area (Å²) < 4.78 is 7.14. The number of aliphatic hydroxyl groups excluding tert-OH is 3. The smallest absolute Gasteiger partial charge is 0.226 e. The Labute approximate surface area is 202 Å². The van der Waals surface area contributed by atoms with Crippen LogP contribution < -0.4 is 11.1 Å². The summed E-state index contributed by atoms with van der Waals surface area (Å²) in [6.07, 6.45) is -2.97. The van der Waals surface area contributed by atoms with Crippen molar-refractivity contribution in [3.63, 3.8) is 0 Å². The molecule has 4 atom stereocenters. The summed E-state index contributed by atoms with van der Waals surface area (Å²) in [5, 5.41) is 33.4. The molecule has 1 aliphatic rings. The maximum Gasteiger partial charge on any atom is 0.226 e. The highest BCUT2D eigenvalue weighted by atomic mass is 16.6. The Hall–Kier alpha value is -3.57. The summed E-state index contributed by atoms with van der Waals surface area (Å²) in [4.78, 5) is 13.3. The molecular weight excluding hydrogens is 448 g/mol. The SMILES string of the molecule is CC(CNc1nc(N)c2ncn([C@@H]3O[C@H](CO)[C@@H](O)[C@H]3O)c2n1)(c1ccccc1)c1ccccc1. The van der Waals surface area contributed by atoms with Crippen molar-refractivity contribution in [2.24, 2.45) is 0 Å². The predicted molar refractivity (Wildman–Crippen MR) is 131 cm³/mol. The fraction of sp³-hybridized carbons (Fsp3) is 0.320. The molecule has 182 valence electrons. The third kappa shape index (κ3) is 4.10. The molecule has 6 N–H and O–H groups in total. The van der Waals surface area contributed by atoms with Crippen molar-refractivity contribution in [1.29, 1.82) is 0 Å². The minimum Gasteiger partial charge on any atom is -0.394 e. The number of aliphatic hydroxyl groups is 3. The van der Waals surface area contributed by atoms with Gasteiger partial charge in [-0.2, -0.15) is 9.97 Å². The molecule has 0 unspecified atom stereocenters. The number of aromatic nitrogens is 4. The molecule has 5 rings (SSSR count). The topological polar surface area (TPSA) is 152 Å². The number of benzene rings is 2. The van der Waals surface area contributed by atoms with Crippen LogP contribution in [0.3, 0.4) is 0 Å². The fourth-order valence-electron chi connectivity index (χ4n) is 4.55. The van der Waals surface area contributed by atoms with Crippen molar-refractivity contribution in [1.82, 2.24) is 19.5 Å². The summed E-state index contributed by atoms with van der Waals surface area (Å²) in [6.45, 7) is 2.20. The van der Waals surface area contributed by atoms with E-state index in [0.717, 1.165) is 11.1 Å². The molecule has 0 amide bonds. The summed E-state index contributed by atoms with van der Waals surface area (Å²) >= 11 is 0. The first-order valence-corrected chi connectivity index (χ1v) is 11.4. The average Bonchev–Trinajstić information content (AvgIpc) is 3.44. The van der Waals surface area contributed by atoms with E-state index in [2.05, 4.69) is 51.5 Å². The van der Waals surface area contributed by atoms with Crippen molar-refractivity contribution in [3.05, 3.63) is 78.1 Å². The van der Waals surface area contributed by atoms with E-state index in [-0.39, 0.29) is 11.2 Å². The van der Waals surface area contributed by atoms with E-state index in [1.807, 2.05) is 36.4 Å². The molecule has 4 aromatic rings. The molecular formula is C25H28N6O4. The first-order chi connectivity index (χ1) is 16.9. The lowest BCUT2D eigenvalue weighted by Gasteiger charge is -2.31. The van der Waals surface area contributed by atoms with Gasteiger partial charge in [-0.25, -0.2) is 4.98 Å². The van der Waals surface area contributed by atoms with Crippen LogP contribution in [0.5, 0.6) is 0 Å². The molecule has 0 bridgehead atoms. The second kappa shape index (κ2) is 9.23. The quantitative estimate of drug-likeness (QED) is 0.267. The third-order valence-corrected chi connectivity index (χ3v) is 6.66. The average molecular weight is 477 g/mol. The Morgan fingerprint density at radius 3 is 2.20 bits per heavy atom. The molecule has 2 aromatic carbocycles. The van der Waals surface area contributed by atoms with E-state index < -0.39 is 31.1 Å². The van der Waals surface area contributed by atoms with E-state index in [0.29, 0.717) is 23.7 Å². The Bertz CT molecular complexity index is 1260. The molecule has 10 heteroatoms. The van der Waals surface area contributed by atoms with Crippen LogP contribution in [0.1, 0.15) is 24.3 Å². The van der Waals surface area contributed by atoms with Crippen molar-refractivity contribution in [3.8, 4) is 0 Å². The normalized spacial score (nSPS) is 22.5. The van der Waals surface area contributed by atoms with Crippen LogP contribution >= 0.6 is 0 Å². The predicted octanol–water partition coefficient (Wildman–Crippen LogP) is 1.44. The molecule has 0 radical (unpaired) electrons. The maximum atomic E-state index is 10.5. The number of hydrogen-bond donors (Lipinski definition) is 5. The molecule has 3 heterocycles. The van der Waals surface area contributed by atoms with Gasteiger partial charge in [0.05, 0.1) is 12.9 Å². The van der Waals surface area contributed by atoms with Crippen LogP contribution in [0, 0.1) is 0 Å². The van der Waals surface area contributed by atoms with Gasteiger partial charge < -0.3 is 31.1 Å². The van der Waals surface area contributed by atoms with Crippen LogP contribution in [0.25, 0.3) is 11.2 Å². The van der Waals surface area contributed by atoms with Crippen molar-refractivity contribution >= 4 is 22.9 Å². The molecule has 0 aliphatic carbocycles. The van der Waals surface area contributed by atoms with E-state index in [9.17, 15) is 15.3 Å². The van der Waals surface area contributed by atoms with Gasteiger partial charge in [0.15, 0.2) is 17.7 Å². The number of nitrogens with two attached hydrogens (primary N) is 1. The minimum atomic E-state index is -1.27. The lowest BCUT2D eigenvalue weighted by atomic mass is 9.76. The standard InChI is InChI=1S/C25H28N6O4/c1-25(15-8-4-2-5-9-15,16-10-6-3-7-11-16)13-27-24-29-21(26)18-22(30-24)31(14-28-18)23-20(34)19(33)17(12-32)35-23/h2-11,14,17,19-20,23,32-34H,12-13H2,1H3,(H3,26,27,29,30)/t17-,19-,20-,23-/m1/s1. The summed E-state index contributed by atoms with van der Waals surface area (Å²) in [6, 6.07) is 20.4. The van der Waals surface area contributed by atoms with Gasteiger partial charge in [0.1, 0.15) is 23.8 Å². The van der Waals surface area contributed by atoms with E-state index in [1.165, 1.54) is 10.9 Å². The van der Waals surface area contributed by atoms with Gasteiger partial charge in [0.2, 0.25) is 5.95 Å². The first-order valence-electron chi connectivity index (χ1n) is 11.4. The van der Waals surface area contributed by atoms with Crippen molar-refractivity contribution in [2.45, 2.75) is 36.9 Å². The third-order valence-electron chi connectivity index (χ3n) is 6.66. The van der Waals surface area contributed by atoms with Crippen molar-refractivity contribution < 1.29 is 20.1 Å². The highest BCUT2D eigenvalue weighted by molar-refractivity contribution is 5.83. The van der Waals surface area contributed by atoms with Gasteiger partial charge in [-0.05, 0) is 18.1 Å². The number of ether oxygens (including phenoxy) is 1. The Morgan fingerprint density at radius 1 is 1.00 bits per heavy atom. The first kappa shape index (κ1) is 23.2. The van der Waals surface area contributed by atoms with Crippen LogP contribution in [-0.4, -0.2) is 66.3 Å². The summed E-state index contributed by atoms with van der Waals surface area (Å²) in [7, 11) is 0. The van der Waals surface area contributed by atoms with Crippen LogP contribution in [0.2, 0.25) is 0 Å². The zero-order valence-electron chi connectivity index (χ0n) is 19.2. The lowest BCUT2D eigenvalue weighted by Crippen LogP contribution is -2.33. The van der Waals surface area contributed by atoms with E-state index in [4.69, 9.17) is 10.5 Å². The largest absolute Gasteiger partial charge is 0.394 e. The summed E-state index contributed by atoms with van der Waals surface area (Å²) in [5.41, 5.74) is 8.75. The van der Waals surface area contributed by atoms with Gasteiger partial charge in [-0.3, -0.25) is 4.57 Å². The Kier molecular flexibility index (Phi) is 6.12. The lowest BCUT2D eigenvalue weighted by molar-refractivity contribution is -0.0511. The molecule has 1 fully saturated rings. The number of nitrogen functional groups attached to an aromatic ring is 1. The van der Waals surface area contributed by atoms with Gasteiger partial charge in [0.25, 0.3) is 0 Å². The van der Waals surface area contributed by atoms with E-state index in [1.54, 1.807) is 0 Å². The van der Waals surface area contributed by atoms with Gasteiger partial charge in [-0.1, -0.05) is 60.7 Å². The maximum absolute atomic E-state index is 10.5. The Morgan fingerprint density at radius 2 is 1.63 bits per heavy atom. The highest BCUT2D eigenvalue weighted by Crippen LogP contribution is 2.34. The fourth-order valence-corrected chi connectivity index (χ4v) is 4.55. The second-order valence-corrected chi connectivity index (χ2v) is 8.90. The highest BCUT2D eigenvalue weighted by Gasteiger charge is 2.44. The zero-order chi connectivity index (χ0) is 24.6. The van der Waals surface area contributed by atoms with Crippen molar-refractivity contribution in [2.75, 3.05) is 24.2 Å². The second-order valence-electron chi connectivity index (χ2n) is 8.90. The number of imidazole rings is 1. The number of hydrogen-bond acceptors (Lipinski definition) is 9. The van der Waals surface area contributed by atoms with E-state index >= 15 is 0 Å². The number of rotatable bonds is 7. The number of nitrogens with one attached hydrogen (secondary N) is 1. The molecule has 2 aromatic heterocycles. The van der Waals surface area contributed by atoms with Gasteiger partial charge in [-0.15, -0.1) is 0 Å². The van der Waals surface area contributed by atoms with Crippen LogP contribution in [0.15, 0.2) is 67.0 Å². The monoisotopic (exact) mass is 476 g/mol. The number of nitrogens with zero attached hydrogens (tertiary/aromatic N) is 4. The molecule has 0 spiro atoms. The zero-order valence-corrected chi connectivity index (χ0v) is 19.2. The number of fused-ring (bicyclic) bond motifs is 1.